The van der Waals surface area contributed by atoms with Crippen LogP contribution >= 0.6 is 11.6 Å². The van der Waals surface area contributed by atoms with Crippen LogP contribution in [0.1, 0.15) is 12.0 Å². The van der Waals surface area contributed by atoms with Crippen molar-refractivity contribution in [2.45, 2.75) is 12.8 Å². The highest BCUT2D eigenvalue weighted by molar-refractivity contribution is 6.30. The predicted octanol–water partition coefficient (Wildman–Crippen LogP) is 2.15. The second-order valence-electron chi connectivity index (χ2n) is 8.37. The van der Waals surface area contributed by atoms with Gasteiger partial charge >= 0.3 is 11.7 Å². The van der Waals surface area contributed by atoms with Crippen LogP contribution in [0.25, 0.3) is 11.2 Å². The molecule has 0 spiro atoms. The average Bonchev–Trinajstić information content (AvgIpc) is 3.04. The van der Waals surface area contributed by atoms with Gasteiger partial charge in [-0.1, -0.05) is 23.7 Å². The molecule has 168 valence electrons. The van der Waals surface area contributed by atoms with E-state index < -0.39 is 5.69 Å². The summed E-state index contributed by atoms with van der Waals surface area (Å²) in [6.07, 6.45) is 3.50. The number of anilines is 1. The Kier molecular flexibility index (Phi) is 5.60. The number of hydrogen-bond acceptors (Lipinski definition) is 6. The van der Waals surface area contributed by atoms with Crippen molar-refractivity contribution < 1.29 is 9.53 Å². The summed E-state index contributed by atoms with van der Waals surface area (Å²) >= 11 is 5.94. The third-order valence-electron chi connectivity index (χ3n) is 6.24. The van der Waals surface area contributed by atoms with Gasteiger partial charge in [-0.15, -0.1) is 0 Å². The summed E-state index contributed by atoms with van der Waals surface area (Å²) in [6, 6.07) is 7.54. The molecule has 0 unspecified atom stereocenters. The van der Waals surface area contributed by atoms with E-state index in [0.717, 1.165) is 17.9 Å². The molecule has 2 aromatic heterocycles. The standard InChI is InChI=1S/C22H25ClN6O3/c1-26-19-18(12-24-20(25-19)27-8-10-32-11-9-27)29(21(26)30)22(31)28-13-16(14-28)3-2-15-4-6-17(23)7-5-15/h4-7,12,16H,2-3,8-11,13-14H2,1H3. The fourth-order valence-electron chi connectivity index (χ4n) is 4.28. The maximum atomic E-state index is 13.1. The molecule has 5 rings (SSSR count). The summed E-state index contributed by atoms with van der Waals surface area (Å²) in [5.74, 6) is 0.969. The van der Waals surface area contributed by atoms with Crippen molar-refractivity contribution in [2.24, 2.45) is 13.0 Å². The third kappa shape index (κ3) is 3.86. The summed E-state index contributed by atoms with van der Waals surface area (Å²) in [5, 5.41) is 0.732. The van der Waals surface area contributed by atoms with Crippen LogP contribution in [0, 0.1) is 5.92 Å². The number of morpholine rings is 1. The number of aryl methyl sites for hydroxylation is 2. The molecule has 4 heterocycles. The van der Waals surface area contributed by atoms with E-state index in [9.17, 15) is 9.59 Å². The minimum Gasteiger partial charge on any atom is -0.378 e. The van der Waals surface area contributed by atoms with Crippen LogP contribution in [0.2, 0.25) is 5.02 Å². The number of hydrogen-bond donors (Lipinski definition) is 0. The Hall–Kier alpha value is -2.91. The molecule has 0 radical (unpaired) electrons. The van der Waals surface area contributed by atoms with Crippen LogP contribution in [0.15, 0.2) is 35.3 Å². The van der Waals surface area contributed by atoms with Gasteiger partial charge in [0.05, 0.1) is 19.4 Å². The number of fused-ring (bicyclic) bond motifs is 1. The number of benzene rings is 1. The highest BCUT2D eigenvalue weighted by Gasteiger charge is 2.33. The van der Waals surface area contributed by atoms with Crippen molar-refractivity contribution >= 4 is 34.7 Å². The van der Waals surface area contributed by atoms with Crippen molar-refractivity contribution in [3.8, 4) is 0 Å². The quantitative estimate of drug-likeness (QED) is 0.598. The lowest BCUT2D eigenvalue weighted by molar-refractivity contribution is 0.117. The molecule has 2 aliphatic heterocycles. The molecule has 0 saturated carbocycles. The summed E-state index contributed by atoms with van der Waals surface area (Å²) in [5.41, 5.74) is 1.73. The molecule has 0 bridgehead atoms. The molecule has 2 saturated heterocycles. The van der Waals surface area contributed by atoms with Gasteiger partial charge < -0.3 is 14.5 Å². The van der Waals surface area contributed by atoms with Crippen LogP contribution < -0.4 is 10.6 Å². The molecule has 3 aromatic rings. The third-order valence-corrected chi connectivity index (χ3v) is 6.49. The number of halogens is 1. The van der Waals surface area contributed by atoms with Gasteiger partial charge in [0.1, 0.15) is 5.52 Å². The molecule has 0 atom stereocenters. The van der Waals surface area contributed by atoms with Crippen molar-refractivity contribution in [3.05, 3.63) is 51.5 Å². The van der Waals surface area contributed by atoms with E-state index in [1.54, 1.807) is 18.1 Å². The molecule has 1 aromatic carbocycles. The van der Waals surface area contributed by atoms with Crippen LogP contribution in [0.3, 0.4) is 0 Å². The number of ether oxygens (including phenoxy) is 1. The van der Waals surface area contributed by atoms with Gasteiger partial charge in [0.15, 0.2) is 5.65 Å². The van der Waals surface area contributed by atoms with Crippen molar-refractivity contribution in [3.63, 3.8) is 0 Å². The normalized spacial score (nSPS) is 17.1. The van der Waals surface area contributed by atoms with E-state index in [0.29, 0.717) is 62.4 Å². The first-order valence-electron chi connectivity index (χ1n) is 10.8. The lowest BCUT2D eigenvalue weighted by Gasteiger charge is -2.39. The van der Waals surface area contributed by atoms with Gasteiger partial charge in [-0.25, -0.2) is 19.1 Å². The smallest absolute Gasteiger partial charge is 0.338 e. The number of aromatic nitrogens is 4. The lowest BCUT2D eigenvalue weighted by Crippen LogP contribution is -2.53. The van der Waals surface area contributed by atoms with Gasteiger partial charge in [0.25, 0.3) is 0 Å². The zero-order chi connectivity index (χ0) is 22.2. The van der Waals surface area contributed by atoms with Gasteiger partial charge in [-0.2, -0.15) is 4.98 Å². The SMILES string of the molecule is Cn1c(=O)n(C(=O)N2CC(CCc3ccc(Cl)cc3)C2)c2cnc(N3CCOCC3)nc21. The summed E-state index contributed by atoms with van der Waals surface area (Å²) < 4.78 is 7.98. The second-order valence-corrected chi connectivity index (χ2v) is 8.81. The van der Waals surface area contributed by atoms with E-state index in [4.69, 9.17) is 16.3 Å². The molecule has 2 fully saturated rings. The van der Waals surface area contributed by atoms with E-state index in [2.05, 4.69) is 9.97 Å². The molecular weight excluding hydrogens is 432 g/mol. The molecule has 2 aliphatic rings. The number of rotatable bonds is 4. The largest absolute Gasteiger partial charge is 0.378 e. The molecule has 32 heavy (non-hydrogen) atoms. The second kappa shape index (κ2) is 8.55. The fraction of sp³-hybridized carbons (Fsp3) is 0.455. The van der Waals surface area contributed by atoms with Crippen LogP contribution in [-0.2, 0) is 18.2 Å². The van der Waals surface area contributed by atoms with Crippen LogP contribution in [0.4, 0.5) is 10.7 Å². The monoisotopic (exact) mass is 456 g/mol. The zero-order valence-corrected chi connectivity index (χ0v) is 18.7. The Morgan fingerprint density at radius 1 is 1.19 bits per heavy atom. The Morgan fingerprint density at radius 2 is 1.91 bits per heavy atom. The Labute approximate surface area is 190 Å². The Balaban J connectivity index is 1.28. The van der Waals surface area contributed by atoms with Gasteiger partial charge in [-0.3, -0.25) is 4.57 Å². The van der Waals surface area contributed by atoms with Crippen molar-refractivity contribution in [2.75, 3.05) is 44.3 Å². The van der Waals surface area contributed by atoms with E-state index >= 15 is 0 Å². The van der Waals surface area contributed by atoms with Gasteiger partial charge in [-0.05, 0) is 36.5 Å². The maximum Gasteiger partial charge on any atom is 0.338 e. The predicted molar refractivity (Wildman–Crippen MR) is 121 cm³/mol. The number of carbonyl (C=O) groups excluding carboxylic acids is 1. The molecular formula is C22H25ClN6O3. The first-order valence-corrected chi connectivity index (χ1v) is 11.2. The number of nitrogens with zero attached hydrogens (tertiary/aromatic N) is 6. The van der Waals surface area contributed by atoms with E-state index in [-0.39, 0.29) is 6.03 Å². The van der Waals surface area contributed by atoms with Gasteiger partial charge in [0, 0.05) is 38.2 Å². The van der Waals surface area contributed by atoms with Crippen molar-refractivity contribution in [1.29, 1.82) is 0 Å². The zero-order valence-electron chi connectivity index (χ0n) is 17.9. The van der Waals surface area contributed by atoms with E-state index in [1.807, 2.05) is 29.2 Å². The Morgan fingerprint density at radius 3 is 2.62 bits per heavy atom. The fourth-order valence-corrected chi connectivity index (χ4v) is 4.40. The highest BCUT2D eigenvalue weighted by atomic mass is 35.5. The highest BCUT2D eigenvalue weighted by Crippen LogP contribution is 2.24. The number of carbonyl (C=O) groups is 1. The maximum absolute atomic E-state index is 13.1. The Bertz CT molecular complexity index is 1190. The molecule has 0 N–H and O–H groups in total. The number of amides is 1. The van der Waals surface area contributed by atoms with Crippen LogP contribution in [0.5, 0.6) is 0 Å². The first-order chi connectivity index (χ1) is 15.5. The number of likely N-dealkylation sites (tertiary alicyclic amines) is 1. The van der Waals surface area contributed by atoms with Crippen molar-refractivity contribution in [1.82, 2.24) is 24.0 Å². The van der Waals surface area contributed by atoms with Crippen LogP contribution in [-0.4, -0.2) is 69.4 Å². The molecule has 0 aliphatic carbocycles. The first kappa shape index (κ1) is 21.0. The van der Waals surface area contributed by atoms with E-state index in [1.165, 1.54) is 14.7 Å². The molecule has 1 amide bonds. The van der Waals surface area contributed by atoms with Gasteiger partial charge in [0.2, 0.25) is 5.95 Å². The minimum absolute atomic E-state index is 0.314. The number of imidazole rings is 1. The molecule has 10 heteroatoms. The minimum atomic E-state index is -0.400. The summed E-state index contributed by atoms with van der Waals surface area (Å²) in [6.45, 7) is 3.92. The summed E-state index contributed by atoms with van der Waals surface area (Å²) in [7, 11) is 1.63. The summed E-state index contributed by atoms with van der Waals surface area (Å²) in [4.78, 5) is 38.7. The average molecular weight is 457 g/mol. The molecule has 9 nitrogen and oxygen atoms in total. The lowest BCUT2D eigenvalue weighted by atomic mass is 9.93. The topological polar surface area (TPSA) is 85.5 Å².